The van der Waals surface area contributed by atoms with Crippen LogP contribution in [-0.2, 0) is 11.3 Å². The third kappa shape index (κ3) is 5.24. The van der Waals surface area contributed by atoms with E-state index in [4.69, 9.17) is 17.0 Å². The van der Waals surface area contributed by atoms with Gasteiger partial charge in [0, 0.05) is 22.8 Å². The minimum Gasteiger partial charge on any atom is -0.497 e. The number of ether oxygens (including phenoxy) is 1. The number of amides is 1. The van der Waals surface area contributed by atoms with Gasteiger partial charge in [-0.2, -0.15) is 5.10 Å². The Morgan fingerprint density at radius 1 is 1.21 bits per heavy atom. The second-order valence-electron chi connectivity index (χ2n) is 6.18. The fourth-order valence-electron chi connectivity index (χ4n) is 2.62. The van der Waals surface area contributed by atoms with Gasteiger partial charge in [-0.25, -0.2) is 0 Å². The molecule has 0 spiro atoms. The largest absolute Gasteiger partial charge is 0.497 e. The van der Waals surface area contributed by atoms with E-state index in [-0.39, 0.29) is 12.5 Å². The van der Waals surface area contributed by atoms with Gasteiger partial charge in [-0.1, -0.05) is 17.7 Å². The maximum atomic E-state index is 12.4. The van der Waals surface area contributed by atoms with Gasteiger partial charge in [0.05, 0.1) is 7.11 Å². The number of carbonyl (C=O) groups excluding carboxylic acids is 1. The van der Waals surface area contributed by atoms with Gasteiger partial charge in [0.1, 0.15) is 12.3 Å². The quantitative estimate of drug-likeness (QED) is 0.333. The molecule has 0 aliphatic rings. The van der Waals surface area contributed by atoms with Crippen LogP contribution in [0.3, 0.4) is 0 Å². The Balaban J connectivity index is 1.55. The number of hydrogen-bond acceptors (Lipinski definition) is 5. The van der Waals surface area contributed by atoms with Crippen molar-refractivity contribution >= 4 is 29.9 Å². The number of hydrogen-bond donors (Lipinski definition) is 2. The van der Waals surface area contributed by atoms with Gasteiger partial charge in [-0.3, -0.25) is 14.5 Å². The molecule has 0 saturated heterocycles. The summed E-state index contributed by atoms with van der Waals surface area (Å²) in [5.74, 6) is 2.08. The fourth-order valence-corrected chi connectivity index (χ4v) is 3.58. The molecule has 0 aliphatic carbocycles. The molecule has 2 N–H and O–H groups in total. The van der Waals surface area contributed by atoms with Crippen LogP contribution in [0.2, 0.25) is 0 Å². The summed E-state index contributed by atoms with van der Waals surface area (Å²) < 4.78 is 7.28. The van der Waals surface area contributed by atoms with Crippen molar-refractivity contribution in [3.63, 3.8) is 0 Å². The lowest BCUT2D eigenvalue weighted by Gasteiger charge is -2.09. The van der Waals surface area contributed by atoms with Crippen LogP contribution in [0.25, 0.3) is 11.4 Å². The summed E-state index contributed by atoms with van der Waals surface area (Å²) in [5, 5.41) is 9.96. The molecular weight excluding hydrogens is 392 g/mol. The Kier molecular flexibility index (Phi) is 6.89. The van der Waals surface area contributed by atoms with E-state index in [1.54, 1.807) is 23.4 Å². The molecule has 146 valence electrons. The van der Waals surface area contributed by atoms with E-state index in [9.17, 15) is 4.79 Å². The molecule has 0 aliphatic heterocycles. The average Bonchev–Trinajstić information content (AvgIpc) is 3.07. The van der Waals surface area contributed by atoms with Crippen molar-refractivity contribution in [2.45, 2.75) is 18.4 Å². The number of benzene rings is 2. The van der Waals surface area contributed by atoms with Crippen molar-refractivity contribution in [2.75, 3.05) is 19.4 Å². The van der Waals surface area contributed by atoms with Crippen LogP contribution in [0.5, 0.6) is 5.75 Å². The molecule has 28 heavy (non-hydrogen) atoms. The first-order valence-electron chi connectivity index (χ1n) is 8.82. The maximum absolute atomic E-state index is 12.4. The smallest absolute Gasteiger partial charge is 0.240 e. The summed E-state index contributed by atoms with van der Waals surface area (Å²) in [6, 6.07) is 15.8. The Morgan fingerprint density at radius 3 is 2.61 bits per heavy atom. The van der Waals surface area contributed by atoms with Crippen molar-refractivity contribution in [3.05, 3.63) is 58.9 Å². The number of methoxy groups -OCH3 is 1. The molecule has 6 nitrogen and oxygen atoms in total. The minimum absolute atomic E-state index is 0.100. The number of carbonyl (C=O) groups is 1. The second kappa shape index (κ2) is 9.57. The van der Waals surface area contributed by atoms with Crippen LogP contribution >= 0.6 is 24.0 Å². The highest BCUT2D eigenvalue weighted by molar-refractivity contribution is 7.99. The minimum atomic E-state index is -0.100. The van der Waals surface area contributed by atoms with E-state index in [0.717, 1.165) is 17.1 Å². The van der Waals surface area contributed by atoms with Gasteiger partial charge in [0.25, 0.3) is 0 Å². The molecule has 0 atom stereocenters. The van der Waals surface area contributed by atoms with Crippen LogP contribution in [0, 0.1) is 11.7 Å². The first-order chi connectivity index (χ1) is 13.6. The number of nitrogens with one attached hydrogen (secondary N) is 2. The Morgan fingerprint density at radius 2 is 1.93 bits per heavy atom. The molecule has 1 aromatic heterocycles. The number of aromatic amines is 1. The predicted molar refractivity (Wildman–Crippen MR) is 114 cm³/mol. The molecule has 2 aromatic carbocycles. The van der Waals surface area contributed by atoms with Crippen molar-refractivity contribution in [3.8, 4) is 17.1 Å². The molecule has 0 unspecified atom stereocenters. The first kappa shape index (κ1) is 20.2. The molecule has 8 heteroatoms. The van der Waals surface area contributed by atoms with E-state index in [1.165, 1.54) is 10.5 Å². The zero-order valence-electron chi connectivity index (χ0n) is 15.8. The van der Waals surface area contributed by atoms with Crippen LogP contribution in [0.15, 0.2) is 53.4 Å². The van der Waals surface area contributed by atoms with E-state index in [1.807, 2.05) is 24.3 Å². The van der Waals surface area contributed by atoms with Gasteiger partial charge in [0.15, 0.2) is 10.6 Å². The summed E-state index contributed by atoms with van der Waals surface area (Å²) in [6.45, 7) is 2.77. The van der Waals surface area contributed by atoms with Crippen LogP contribution in [0.4, 0.5) is 0 Å². The number of nitrogens with zero attached hydrogens (tertiary/aromatic N) is 2. The van der Waals surface area contributed by atoms with Crippen molar-refractivity contribution in [1.29, 1.82) is 0 Å². The Labute approximate surface area is 173 Å². The van der Waals surface area contributed by atoms with E-state index < -0.39 is 0 Å². The number of H-pyrrole nitrogens is 1. The maximum Gasteiger partial charge on any atom is 0.240 e. The van der Waals surface area contributed by atoms with Gasteiger partial charge in [0.2, 0.25) is 5.91 Å². The molecule has 1 amide bonds. The van der Waals surface area contributed by atoms with Gasteiger partial charge in [-0.05, 0) is 55.5 Å². The lowest BCUT2D eigenvalue weighted by Crippen LogP contribution is -2.29. The predicted octanol–water partition coefficient (Wildman–Crippen LogP) is 3.83. The number of aromatic nitrogens is 3. The number of aryl methyl sites for hydroxylation is 1. The fraction of sp³-hybridized carbons (Fsp3) is 0.250. The zero-order valence-corrected chi connectivity index (χ0v) is 17.4. The Bertz CT molecular complexity index is 979. The summed E-state index contributed by atoms with van der Waals surface area (Å²) in [5.41, 5.74) is 2.10. The highest BCUT2D eigenvalue weighted by Gasteiger charge is 2.12. The lowest BCUT2D eigenvalue weighted by molar-refractivity contribution is -0.121. The van der Waals surface area contributed by atoms with Crippen LogP contribution < -0.4 is 10.1 Å². The van der Waals surface area contributed by atoms with E-state index in [2.05, 4.69) is 46.7 Å². The third-order valence-electron chi connectivity index (χ3n) is 4.12. The van der Waals surface area contributed by atoms with Crippen molar-refractivity contribution in [1.82, 2.24) is 20.1 Å². The molecule has 0 radical (unpaired) electrons. The molecule has 1 heterocycles. The van der Waals surface area contributed by atoms with Gasteiger partial charge >= 0.3 is 0 Å². The van der Waals surface area contributed by atoms with Crippen molar-refractivity contribution in [2.24, 2.45) is 0 Å². The highest BCUT2D eigenvalue weighted by Crippen LogP contribution is 2.21. The monoisotopic (exact) mass is 414 g/mol. The highest BCUT2D eigenvalue weighted by atomic mass is 32.2. The first-order valence-corrected chi connectivity index (χ1v) is 10.2. The molecule has 3 aromatic rings. The molecule has 0 fully saturated rings. The second-order valence-corrected chi connectivity index (χ2v) is 7.73. The number of rotatable bonds is 8. The van der Waals surface area contributed by atoms with Gasteiger partial charge in [-0.15, -0.1) is 11.8 Å². The van der Waals surface area contributed by atoms with Crippen LogP contribution in [0.1, 0.15) is 5.56 Å². The normalized spacial score (nSPS) is 10.6. The molecule has 0 bridgehead atoms. The average molecular weight is 415 g/mol. The van der Waals surface area contributed by atoms with E-state index >= 15 is 0 Å². The Hall–Kier alpha value is -2.58. The summed E-state index contributed by atoms with van der Waals surface area (Å²) in [6.07, 6.45) is 0. The summed E-state index contributed by atoms with van der Waals surface area (Å²) in [4.78, 5) is 13.5. The number of thioether (sulfide) groups is 1. The third-order valence-corrected chi connectivity index (χ3v) is 5.45. The van der Waals surface area contributed by atoms with E-state index in [0.29, 0.717) is 17.1 Å². The summed E-state index contributed by atoms with van der Waals surface area (Å²) in [7, 11) is 1.62. The molecule has 3 rings (SSSR count). The zero-order chi connectivity index (χ0) is 19.9. The molecular formula is C20H22N4O2S2. The van der Waals surface area contributed by atoms with Crippen LogP contribution in [-0.4, -0.2) is 40.1 Å². The standard InChI is InChI=1S/C20H22N4O2S2/c1-14-3-9-17(10-4-14)28-12-11-21-18(25)13-24-19(22-23-20(24)27)15-5-7-16(26-2)8-6-15/h3-10H,11-13H2,1-2H3,(H,21,25)(H,23,27). The SMILES string of the molecule is COc1ccc(-c2n[nH]c(=S)n2CC(=O)NCCSc2ccc(C)cc2)cc1. The topological polar surface area (TPSA) is 71.9 Å². The summed E-state index contributed by atoms with van der Waals surface area (Å²) >= 11 is 7.00. The molecule has 0 saturated carbocycles. The van der Waals surface area contributed by atoms with Crippen molar-refractivity contribution < 1.29 is 9.53 Å². The lowest BCUT2D eigenvalue weighted by atomic mass is 10.2. The van der Waals surface area contributed by atoms with Gasteiger partial charge < -0.3 is 10.1 Å².